The van der Waals surface area contributed by atoms with Crippen LogP contribution in [0.1, 0.15) is 89.7 Å². The minimum atomic E-state index is 0.101. The van der Waals surface area contributed by atoms with Crippen LogP contribution in [0.25, 0.3) is 6.08 Å². The van der Waals surface area contributed by atoms with Crippen LogP contribution >= 0.6 is 11.6 Å². The van der Waals surface area contributed by atoms with Gasteiger partial charge in [0, 0.05) is 53.9 Å². The monoisotopic (exact) mass is 767 g/mol. The van der Waals surface area contributed by atoms with E-state index in [1.54, 1.807) is 6.08 Å². The number of nitrogens with zero attached hydrogens (tertiary/aromatic N) is 3. The summed E-state index contributed by atoms with van der Waals surface area (Å²) >= 11 is 7.18. The van der Waals surface area contributed by atoms with E-state index >= 15 is 0 Å². The third kappa shape index (κ3) is 14.3. The largest absolute Gasteiger partial charge is 0.391 e. The average molecular weight is 769 g/mol. The quantitative estimate of drug-likeness (QED) is 0.0491. The molecule has 56 heavy (non-hydrogen) atoms. The van der Waals surface area contributed by atoms with Gasteiger partial charge in [-0.3, -0.25) is 9.98 Å². The molecule has 4 rings (SSSR count). The van der Waals surface area contributed by atoms with Crippen molar-refractivity contribution in [1.82, 2.24) is 5.32 Å². The maximum absolute atomic E-state index is 7.18. The summed E-state index contributed by atoms with van der Waals surface area (Å²) in [6.07, 6.45) is 29.6. The highest BCUT2D eigenvalue weighted by Crippen LogP contribution is 2.41. The second-order valence-corrected chi connectivity index (χ2v) is 15.0. The zero-order chi connectivity index (χ0) is 40.1. The van der Waals surface area contributed by atoms with Crippen LogP contribution in [-0.4, -0.2) is 24.0 Å². The molecule has 0 aliphatic heterocycles. The van der Waals surface area contributed by atoms with Crippen LogP contribution in [0, 0.1) is 12.8 Å². The summed E-state index contributed by atoms with van der Waals surface area (Å²) < 4.78 is 0. The number of halogens is 1. The Bertz CT molecular complexity index is 1940. The van der Waals surface area contributed by atoms with Crippen molar-refractivity contribution >= 4 is 51.8 Å². The Labute approximate surface area is 342 Å². The third-order valence-corrected chi connectivity index (χ3v) is 10.3. The minimum Gasteiger partial charge on any atom is -0.391 e. The lowest BCUT2D eigenvalue weighted by Gasteiger charge is -2.27. The highest BCUT2D eigenvalue weighted by Gasteiger charge is 2.20. The lowest BCUT2D eigenvalue weighted by molar-refractivity contribution is 0.441. The lowest BCUT2D eigenvalue weighted by atomic mass is 9.86. The molecule has 2 unspecified atom stereocenters. The summed E-state index contributed by atoms with van der Waals surface area (Å²) in [5.74, 6) is 0.435. The molecule has 5 nitrogen and oxygen atoms in total. The number of aryl methyl sites for hydroxylation is 1. The van der Waals surface area contributed by atoms with Gasteiger partial charge in [0.15, 0.2) is 0 Å². The Morgan fingerprint density at radius 1 is 0.982 bits per heavy atom. The highest BCUT2D eigenvalue weighted by molar-refractivity contribution is 6.35. The van der Waals surface area contributed by atoms with Crippen LogP contribution in [0.4, 0.5) is 22.7 Å². The van der Waals surface area contributed by atoms with Crippen molar-refractivity contribution in [3.63, 3.8) is 0 Å². The van der Waals surface area contributed by atoms with Crippen LogP contribution < -0.4 is 16.0 Å². The summed E-state index contributed by atoms with van der Waals surface area (Å²) in [5.41, 5.74) is 16.8. The highest BCUT2D eigenvalue weighted by atomic mass is 35.5. The van der Waals surface area contributed by atoms with E-state index in [1.807, 2.05) is 61.7 Å². The summed E-state index contributed by atoms with van der Waals surface area (Å²) in [6.45, 7) is 17.4. The van der Waals surface area contributed by atoms with Crippen molar-refractivity contribution in [2.75, 3.05) is 11.4 Å². The second kappa shape index (κ2) is 23.8. The lowest BCUT2D eigenvalue weighted by Crippen LogP contribution is -2.31. The standard InChI is InChI=1S/C50H62ClN5/c1-7-9-13-22-38(3)35-44(54-40(5)21-8-2)32-34-53-33-19-11-10-14-23-42-25-20-29-49(50(42)51)56(45-26-15-12-16-27-45)46-30-31-48(39(4)36-46)55-41(6)37-43-24-17-18-28-47(43)52/h8,10-12,14-16,18-21,23,25-31,33,36,43,47,53H,2-3,7,9,13,17,22,24,32,34-35,37,52H2,1,4-6H3/b11-10-,23-14-,33-19+,40-21+,54-44+,55-41+. The molecule has 0 saturated carbocycles. The molecule has 3 N–H and O–H groups in total. The first-order valence-corrected chi connectivity index (χ1v) is 20.5. The molecule has 294 valence electrons. The first kappa shape index (κ1) is 43.8. The molecule has 1 aliphatic rings. The topological polar surface area (TPSA) is 66.0 Å². The summed E-state index contributed by atoms with van der Waals surface area (Å²) in [7, 11) is 0. The molecule has 0 bridgehead atoms. The van der Waals surface area contributed by atoms with Gasteiger partial charge in [0.2, 0.25) is 0 Å². The molecule has 1 aliphatic carbocycles. The van der Waals surface area contributed by atoms with E-state index in [2.05, 4.69) is 111 Å². The molecule has 6 heteroatoms. The number of aliphatic imine (C=N–C) groups is 2. The molecular formula is C50H62ClN5. The van der Waals surface area contributed by atoms with Gasteiger partial charge >= 0.3 is 0 Å². The van der Waals surface area contributed by atoms with Gasteiger partial charge in [0.1, 0.15) is 0 Å². The molecule has 0 spiro atoms. The van der Waals surface area contributed by atoms with E-state index in [0.717, 1.165) is 96.1 Å². The maximum Gasteiger partial charge on any atom is 0.0718 e. The smallest absolute Gasteiger partial charge is 0.0718 e. The maximum atomic E-state index is 7.18. The summed E-state index contributed by atoms with van der Waals surface area (Å²) in [5, 5.41) is 4.08. The van der Waals surface area contributed by atoms with Gasteiger partial charge in [-0.15, -0.1) is 0 Å². The van der Waals surface area contributed by atoms with Crippen molar-refractivity contribution in [2.45, 2.75) is 91.5 Å². The SMILES string of the molecule is C=C/C=C(C)/N=C(\CCN/C=C/C=C\C=C/c1cccc(N(c2ccccc2)c2ccc(/N=C(\C)CC3CCC=CC3N)c(C)c2)c1Cl)CC(=C)CCCCC. The van der Waals surface area contributed by atoms with Gasteiger partial charge in [-0.25, -0.2) is 0 Å². The Morgan fingerprint density at radius 3 is 2.54 bits per heavy atom. The predicted octanol–water partition coefficient (Wildman–Crippen LogP) is 14.0. The van der Waals surface area contributed by atoms with E-state index in [9.17, 15) is 0 Å². The average Bonchev–Trinajstić information content (AvgIpc) is 3.18. The molecule has 3 aromatic carbocycles. The van der Waals surface area contributed by atoms with Gasteiger partial charge in [-0.1, -0.05) is 123 Å². The molecule has 0 saturated heterocycles. The van der Waals surface area contributed by atoms with Gasteiger partial charge in [-0.2, -0.15) is 0 Å². The number of allylic oxidation sites excluding steroid dienone is 9. The number of para-hydroxylation sites is 1. The number of hydrogen-bond donors (Lipinski definition) is 2. The first-order valence-electron chi connectivity index (χ1n) is 20.2. The third-order valence-electron chi connectivity index (χ3n) is 9.84. The predicted molar refractivity (Wildman–Crippen MR) is 247 cm³/mol. The van der Waals surface area contributed by atoms with E-state index < -0.39 is 0 Å². The molecule has 3 aromatic rings. The number of rotatable bonds is 21. The van der Waals surface area contributed by atoms with E-state index in [4.69, 9.17) is 27.3 Å². The van der Waals surface area contributed by atoms with E-state index in [-0.39, 0.29) is 6.04 Å². The van der Waals surface area contributed by atoms with Crippen molar-refractivity contribution in [3.8, 4) is 0 Å². The molecular weight excluding hydrogens is 706 g/mol. The fraction of sp³-hybridized carbons (Fsp3) is 0.320. The van der Waals surface area contributed by atoms with Crippen LogP contribution in [-0.2, 0) is 0 Å². The molecule has 2 atom stereocenters. The molecule has 0 heterocycles. The Kier molecular flexibility index (Phi) is 18.6. The number of anilines is 3. The second-order valence-electron chi connectivity index (χ2n) is 14.6. The summed E-state index contributed by atoms with van der Waals surface area (Å²) in [4.78, 5) is 12.1. The van der Waals surface area contributed by atoms with Crippen LogP contribution in [0.2, 0.25) is 5.02 Å². The summed E-state index contributed by atoms with van der Waals surface area (Å²) in [6, 6.07) is 23.0. The van der Waals surface area contributed by atoms with Gasteiger partial charge < -0.3 is 16.0 Å². The molecule has 0 radical (unpaired) electrons. The van der Waals surface area contributed by atoms with Crippen LogP contribution in [0.5, 0.6) is 0 Å². The Hall–Kier alpha value is -4.97. The zero-order valence-corrected chi connectivity index (χ0v) is 34.8. The van der Waals surface area contributed by atoms with Crippen LogP contribution in [0.3, 0.4) is 0 Å². The Balaban J connectivity index is 1.42. The molecule has 0 fully saturated rings. The van der Waals surface area contributed by atoms with Crippen molar-refractivity contribution in [1.29, 1.82) is 0 Å². The zero-order valence-electron chi connectivity index (χ0n) is 34.1. The molecule has 0 amide bonds. The number of nitrogens with one attached hydrogen (secondary N) is 1. The van der Waals surface area contributed by atoms with Gasteiger partial charge in [0.05, 0.1) is 16.4 Å². The van der Waals surface area contributed by atoms with E-state index in [1.165, 1.54) is 24.8 Å². The van der Waals surface area contributed by atoms with Gasteiger partial charge in [-0.05, 0) is 125 Å². The fourth-order valence-corrected chi connectivity index (χ4v) is 7.16. The van der Waals surface area contributed by atoms with Crippen molar-refractivity contribution in [2.24, 2.45) is 21.6 Å². The first-order chi connectivity index (χ1) is 27.2. The fourth-order valence-electron chi connectivity index (χ4n) is 6.88. The number of unbranched alkanes of at least 4 members (excludes halogenated alkanes) is 2. The number of nitrogens with two attached hydrogens (primary N) is 1. The van der Waals surface area contributed by atoms with E-state index in [0.29, 0.717) is 10.9 Å². The van der Waals surface area contributed by atoms with Crippen molar-refractivity contribution in [3.05, 3.63) is 162 Å². The number of hydrogen-bond acceptors (Lipinski definition) is 5. The van der Waals surface area contributed by atoms with Crippen LogP contribution in [0.15, 0.2) is 156 Å². The Morgan fingerprint density at radius 2 is 1.79 bits per heavy atom. The van der Waals surface area contributed by atoms with Crippen molar-refractivity contribution < 1.29 is 0 Å². The van der Waals surface area contributed by atoms with Gasteiger partial charge in [0.25, 0.3) is 0 Å². The minimum absolute atomic E-state index is 0.101. The number of benzene rings is 3. The molecule has 0 aromatic heterocycles. The normalized spacial score (nSPS) is 16.6.